The molecule has 0 rings (SSSR count). The molecule has 0 radical (unpaired) electrons. The first-order chi connectivity index (χ1) is 8.24. The number of likely N-dealkylation sites (N-methyl/N-ethyl adjacent to an activating group) is 1. The minimum atomic E-state index is -1.19. The van der Waals surface area contributed by atoms with Crippen molar-refractivity contribution in [3.05, 3.63) is 0 Å². The number of aliphatic carboxylic acids is 1. The molecule has 0 N–H and O–H groups in total. The van der Waals surface area contributed by atoms with Crippen LogP contribution >= 0.6 is 0 Å². The van der Waals surface area contributed by atoms with Crippen LogP contribution in [-0.2, 0) is 14.3 Å². The van der Waals surface area contributed by atoms with Gasteiger partial charge in [-0.2, -0.15) is 0 Å². The monoisotopic (exact) mass is 259 g/mol. The largest absolute Gasteiger partial charge is 0.550 e. The van der Waals surface area contributed by atoms with Crippen LogP contribution in [0.2, 0.25) is 0 Å². The van der Waals surface area contributed by atoms with Crippen LogP contribution in [0.15, 0.2) is 0 Å². The lowest BCUT2D eigenvalue weighted by atomic mass is 10.2. The highest BCUT2D eigenvalue weighted by molar-refractivity contribution is 5.70. The Bertz CT molecular complexity index is 271. The Kier molecular flexibility index (Phi) is 7.59. The molecule has 0 aromatic rings. The van der Waals surface area contributed by atoms with Gasteiger partial charge in [-0.15, -0.1) is 0 Å². The molecule has 0 saturated carbocycles. The van der Waals surface area contributed by atoms with Crippen LogP contribution in [0.4, 0.5) is 0 Å². The van der Waals surface area contributed by atoms with Gasteiger partial charge in [0.2, 0.25) is 0 Å². The van der Waals surface area contributed by atoms with Crippen molar-refractivity contribution in [2.75, 3.05) is 27.7 Å². The number of nitrogens with zero attached hydrogens (tertiary/aromatic N) is 1. The van der Waals surface area contributed by atoms with Gasteiger partial charge in [-0.25, -0.2) is 0 Å². The quantitative estimate of drug-likeness (QED) is 0.340. The Morgan fingerprint density at radius 1 is 1.22 bits per heavy atom. The third-order valence-corrected chi connectivity index (χ3v) is 2.43. The van der Waals surface area contributed by atoms with Crippen LogP contribution in [0.25, 0.3) is 0 Å². The van der Waals surface area contributed by atoms with Crippen LogP contribution in [0, 0.1) is 0 Å². The van der Waals surface area contributed by atoms with E-state index >= 15 is 0 Å². The molecule has 0 aliphatic carbocycles. The molecule has 5 nitrogen and oxygen atoms in total. The highest BCUT2D eigenvalue weighted by Crippen LogP contribution is 2.08. The van der Waals surface area contributed by atoms with Gasteiger partial charge >= 0.3 is 5.97 Å². The van der Waals surface area contributed by atoms with Crippen molar-refractivity contribution in [2.45, 2.75) is 45.1 Å². The van der Waals surface area contributed by atoms with E-state index in [4.69, 9.17) is 4.74 Å². The molecule has 1 atom stereocenters. The third kappa shape index (κ3) is 10.1. The number of rotatable bonds is 9. The average Bonchev–Trinajstić information content (AvgIpc) is 2.13. The summed E-state index contributed by atoms with van der Waals surface area (Å²) in [7, 11) is 5.77. The Hall–Kier alpha value is -1.10. The molecule has 0 aromatic heterocycles. The maximum Gasteiger partial charge on any atom is 0.306 e. The fourth-order valence-electron chi connectivity index (χ4n) is 1.70. The number of esters is 1. The molecular formula is C13H25NO4. The molecule has 0 bridgehead atoms. The highest BCUT2D eigenvalue weighted by Gasteiger charge is 2.22. The predicted octanol–water partition coefficient (Wildman–Crippen LogP) is 0.325. The summed E-state index contributed by atoms with van der Waals surface area (Å²) in [6.07, 6.45) is 2.31. The summed E-state index contributed by atoms with van der Waals surface area (Å²) in [5.41, 5.74) is 0. The van der Waals surface area contributed by atoms with E-state index in [-0.39, 0.29) is 12.4 Å². The minimum absolute atomic E-state index is 0.241. The van der Waals surface area contributed by atoms with E-state index < -0.39 is 12.1 Å². The van der Waals surface area contributed by atoms with Gasteiger partial charge in [-0.1, -0.05) is 19.8 Å². The Labute approximate surface area is 109 Å². The summed E-state index contributed by atoms with van der Waals surface area (Å²) in [4.78, 5) is 22.2. The first-order valence-electron chi connectivity index (χ1n) is 6.44. The van der Waals surface area contributed by atoms with Crippen LogP contribution in [-0.4, -0.2) is 50.2 Å². The number of ether oxygens (including phenoxy) is 1. The summed E-state index contributed by atoms with van der Waals surface area (Å²) in [5.74, 6) is -1.50. The van der Waals surface area contributed by atoms with E-state index in [0.29, 0.717) is 17.4 Å². The lowest BCUT2D eigenvalue weighted by Gasteiger charge is -2.29. The van der Waals surface area contributed by atoms with Gasteiger partial charge in [0.25, 0.3) is 0 Å². The summed E-state index contributed by atoms with van der Waals surface area (Å²) < 4.78 is 5.75. The second-order valence-corrected chi connectivity index (χ2v) is 5.62. The molecule has 5 heteroatoms. The number of carbonyl (C=O) groups excluding carboxylic acids is 2. The Morgan fingerprint density at radius 3 is 2.28 bits per heavy atom. The van der Waals surface area contributed by atoms with Gasteiger partial charge in [-0.3, -0.25) is 4.79 Å². The molecule has 0 fully saturated rings. The lowest BCUT2D eigenvalue weighted by Crippen LogP contribution is -2.45. The molecule has 18 heavy (non-hydrogen) atoms. The van der Waals surface area contributed by atoms with Crippen LogP contribution in [0.5, 0.6) is 0 Å². The predicted molar refractivity (Wildman–Crippen MR) is 66.5 cm³/mol. The maximum atomic E-state index is 11.6. The molecule has 0 aliphatic heterocycles. The number of carbonyl (C=O) groups is 2. The SMILES string of the molecule is CCCCCC(=O)O[C@H](CC(=O)[O-])C[N+](C)(C)C. The molecule has 106 valence electrons. The molecule has 0 amide bonds. The zero-order valence-electron chi connectivity index (χ0n) is 11.9. The summed E-state index contributed by atoms with van der Waals surface area (Å²) in [6.45, 7) is 2.52. The summed E-state index contributed by atoms with van der Waals surface area (Å²) in [6, 6.07) is 0. The van der Waals surface area contributed by atoms with Crippen molar-refractivity contribution in [1.29, 1.82) is 0 Å². The van der Waals surface area contributed by atoms with Crippen molar-refractivity contribution >= 4 is 11.9 Å². The Morgan fingerprint density at radius 2 is 1.83 bits per heavy atom. The maximum absolute atomic E-state index is 11.6. The topological polar surface area (TPSA) is 66.4 Å². The van der Waals surface area contributed by atoms with Crippen LogP contribution in [0.3, 0.4) is 0 Å². The second-order valence-electron chi connectivity index (χ2n) is 5.62. The molecule has 0 heterocycles. The number of carboxylic acids is 1. The highest BCUT2D eigenvalue weighted by atomic mass is 16.5. The van der Waals surface area contributed by atoms with E-state index in [9.17, 15) is 14.7 Å². The zero-order valence-corrected chi connectivity index (χ0v) is 11.9. The van der Waals surface area contributed by atoms with Gasteiger partial charge in [-0.05, 0) is 6.42 Å². The molecule has 0 spiro atoms. The fraction of sp³-hybridized carbons (Fsp3) is 0.846. The lowest BCUT2D eigenvalue weighted by molar-refractivity contribution is -0.873. The molecule has 0 unspecified atom stereocenters. The molecular weight excluding hydrogens is 234 g/mol. The van der Waals surface area contributed by atoms with E-state index in [2.05, 4.69) is 6.92 Å². The number of quaternary nitrogens is 1. The number of carboxylic acid groups (broad SMARTS) is 1. The van der Waals surface area contributed by atoms with Crippen molar-refractivity contribution in [3.63, 3.8) is 0 Å². The first kappa shape index (κ1) is 16.9. The first-order valence-corrected chi connectivity index (χ1v) is 6.44. The normalized spacial score (nSPS) is 13.1. The van der Waals surface area contributed by atoms with E-state index in [0.717, 1.165) is 19.3 Å². The fourth-order valence-corrected chi connectivity index (χ4v) is 1.70. The Balaban J connectivity index is 4.22. The van der Waals surface area contributed by atoms with Gasteiger partial charge in [0, 0.05) is 18.8 Å². The smallest absolute Gasteiger partial charge is 0.306 e. The zero-order chi connectivity index (χ0) is 14.2. The molecule has 0 saturated heterocycles. The van der Waals surface area contributed by atoms with Gasteiger partial charge in [0.05, 0.1) is 21.1 Å². The van der Waals surface area contributed by atoms with Gasteiger partial charge in [0.15, 0.2) is 6.10 Å². The standard InChI is InChI=1S/C13H25NO4/c1-5-6-7-8-13(17)18-11(9-12(15)16)10-14(2,3)4/h11H,5-10H2,1-4H3/t11-/m1/s1. The summed E-state index contributed by atoms with van der Waals surface area (Å²) in [5, 5.41) is 10.6. The van der Waals surface area contributed by atoms with Gasteiger partial charge in [0.1, 0.15) is 6.54 Å². The van der Waals surface area contributed by atoms with Crippen molar-refractivity contribution in [2.24, 2.45) is 0 Å². The minimum Gasteiger partial charge on any atom is -0.550 e. The van der Waals surface area contributed by atoms with Crippen molar-refractivity contribution in [1.82, 2.24) is 0 Å². The van der Waals surface area contributed by atoms with E-state index in [1.54, 1.807) is 0 Å². The van der Waals surface area contributed by atoms with E-state index in [1.807, 2.05) is 21.1 Å². The van der Waals surface area contributed by atoms with Crippen molar-refractivity contribution < 1.29 is 23.9 Å². The van der Waals surface area contributed by atoms with Crippen LogP contribution in [0.1, 0.15) is 39.0 Å². The number of hydrogen-bond donors (Lipinski definition) is 0. The number of unbranched alkanes of at least 4 members (excludes halogenated alkanes) is 2. The van der Waals surface area contributed by atoms with Gasteiger partial charge < -0.3 is 19.1 Å². The molecule has 0 aliphatic rings. The third-order valence-electron chi connectivity index (χ3n) is 2.43. The molecule has 0 aromatic carbocycles. The van der Waals surface area contributed by atoms with E-state index in [1.165, 1.54) is 0 Å². The van der Waals surface area contributed by atoms with Crippen molar-refractivity contribution in [3.8, 4) is 0 Å². The van der Waals surface area contributed by atoms with Crippen LogP contribution < -0.4 is 5.11 Å². The second kappa shape index (κ2) is 8.08. The number of hydrogen-bond acceptors (Lipinski definition) is 4. The summed E-state index contributed by atoms with van der Waals surface area (Å²) >= 11 is 0. The average molecular weight is 259 g/mol.